The standard InChI is InChI=1S/C12H15BrN2O/c13-11-4-5-12(10(8-11)9-14)15-6-2-1-3-7-16/h4-5,8,15-16H,1-3,6-7H2. The lowest BCUT2D eigenvalue weighted by Crippen LogP contribution is -2.03. The highest BCUT2D eigenvalue weighted by Gasteiger charge is 2.01. The number of unbranched alkanes of at least 4 members (excludes halogenated alkanes) is 2. The Bertz CT molecular complexity index is 374. The van der Waals surface area contributed by atoms with Crippen LogP contribution in [0.4, 0.5) is 5.69 Å². The maximum atomic E-state index is 8.94. The average molecular weight is 283 g/mol. The summed E-state index contributed by atoms with van der Waals surface area (Å²) in [7, 11) is 0. The number of nitrogens with zero attached hydrogens (tertiary/aromatic N) is 1. The van der Waals surface area contributed by atoms with Crippen LogP contribution in [0.5, 0.6) is 0 Å². The van der Waals surface area contributed by atoms with Crippen molar-refractivity contribution >= 4 is 21.6 Å². The second kappa shape index (κ2) is 7.26. The van der Waals surface area contributed by atoms with Gasteiger partial charge in [-0.3, -0.25) is 0 Å². The molecule has 0 radical (unpaired) electrons. The van der Waals surface area contributed by atoms with Crippen molar-refractivity contribution in [2.24, 2.45) is 0 Å². The molecule has 0 aliphatic heterocycles. The summed E-state index contributed by atoms with van der Waals surface area (Å²) in [5.41, 5.74) is 1.52. The number of nitrogens with one attached hydrogen (secondary N) is 1. The number of benzene rings is 1. The van der Waals surface area contributed by atoms with E-state index in [0.717, 1.165) is 36.0 Å². The van der Waals surface area contributed by atoms with E-state index in [4.69, 9.17) is 10.4 Å². The predicted octanol–water partition coefficient (Wildman–Crippen LogP) is 2.90. The summed E-state index contributed by atoms with van der Waals surface area (Å²) in [5, 5.41) is 20.8. The Hall–Kier alpha value is -1.05. The SMILES string of the molecule is N#Cc1cc(Br)ccc1NCCCCCO. The summed E-state index contributed by atoms with van der Waals surface area (Å²) < 4.78 is 0.912. The van der Waals surface area contributed by atoms with E-state index in [-0.39, 0.29) is 6.61 Å². The van der Waals surface area contributed by atoms with E-state index in [1.165, 1.54) is 0 Å². The zero-order valence-electron chi connectivity index (χ0n) is 9.04. The van der Waals surface area contributed by atoms with Gasteiger partial charge in [0.15, 0.2) is 0 Å². The van der Waals surface area contributed by atoms with Gasteiger partial charge in [-0.1, -0.05) is 15.9 Å². The highest BCUT2D eigenvalue weighted by atomic mass is 79.9. The van der Waals surface area contributed by atoms with Crippen molar-refractivity contribution in [3.05, 3.63) is 28.2 Å². The van der Waals surface area contributed by atoms with Gasteiger partial charge in [-0.05, 0) is 37.5 Å². The van der Waals surface area contributed by atoms with E-state index in [0.29, 0.717) is 5.56 Å². The van der Waals surface area contributed by atoms with E-state index in [2.05, 4.69) is 27.3 Å². The van der Waals surface area contributed by atoms with Crippen molar-refractivity contribution in [3.63, 3.8) is 0 Å². The number of nitriles is 1. The van der Waals surface area contributed by atoms with Crippen LogP contribution in [0.2, 0.25) is 0 Å². The number of aliphatic hydroxyl groups excluding tert-OH is 1. The Morgan fingerprint density at radius 1 is 1.31 bits per heavy atom. The first-order valence-electron chi connectivity index (χ1n) is 5.32. The van der Waals surface area contributed by atoms with E-state index in [1.54, 1.807) is 6.07 Å². The largest absolute Gasteiger partial charge is 0.396 e. The molecule has 0 aliphatic carbocycles. The van der Waals surface area contributed by atoms with Gasteiger partial charge in [0, 0.05) is 17.6 Å². The molecule has 0 atom stereocenters. The first kappa shape index (κ1) is 13.0. The monoisotopic (exact) mass is 282 g/mol. The molecule has 3 nitrogen and oxygen atoms in total. The molecule has 0 fully saturated rings. The molecule has 1 aromatic rings. The van der Waals surface area contributed by atoms with Crippen molar-refractivity contribution in [1.29, 1.82) is 5.26 Å². The molecule has 86 valence electrons. The van der Waals surface area contributed by atoms with Crippen molar-refractivity contribution in [3.8, 4) is 6.07 Å². The van der Waals surface area contributed by atoms with Crippen LogP contribution in [0, 0.1) is 11.3 Å². The first-order chi connectivity index (χ1) is 7.77. The zero-order chi connectivity index (χ0) is 11.8. The minimum absolute atomic E-state index is 0.252. The minimum Gasteiger partial charge on any atom is -0.396 e. The maximum Gasteiger partial charge on any atom is 0.101 e. The Morgan fingerprint density at radius 3 is 2.81 bits per heavy atom. The molecule has 0 bridgehead atoms. The molecular formula is C12H15BrN2O. The van der Waals surface area contributed by atoms with Gasteiger partial charge < -0.3 is 10.4 Å². The van der Waals surface area contributed by atoms with Crippen LogP contribution in [-0.4, -0.2) is 18.3 Å². The van der Waals surface area contributed by atoms with Crippen molar-refractivity contribution in [1.82, 2.24) is 0 Å². The summed E-state index contributed by atoms with van der Waals surface area (Å²) in [5.74, 6) is 0. The normalized spacial score (nSPS) is 9.81. The van der Waals surface area contributed by atoms with Crippen LogP contribution in [0.1, 0.15) is 24.8 Å². The summed E-state index contributed by atoms with van der Waals surface area (Å²) in [6.45, 7) is 1.08. The summed E-state index contributed by atoms with van der Waals surface area (Å²) >= 11 is 3.33. The number of halogens is 1. The van der Waals surface area contributed by atoms with Gasteiger partial charge in [-0.25, -0.2) is 0 Å². The van der Waals surface area contributed by atoms with Gasteiger partial charge in [-0.2, -0.15) is 5.26 Å². The van der Waals surface area contributed by atoms with E-state index < -0.39 is 0 Å². The fourth-order valence-electron chi connectivity index (χ4n) is 1.40. The molecule has 2 N–H and O–H groups in total. The lowest BCUT2D eigenvalue weighted by atomic mass is 10.2. The average Bonchev–Trinajstić information content (AvgIpc) is 2.30. The summed E-state index contributed by atoms with van der Waals surface area (Å²) in [6.07, 6.45) is 2.84. The van der Waals surface area contributed by atoms with Gasteiger partial charge in [0.2, 0.25) is 0 Å². The quantitative estimate of drug-likeness (QED) is 0.789. The van der Waals surface area contributed by atoms with Crippen molar-refractivity contribution < 1.29 is 5.11 Å². The number of rotatable bonds is 6. The molecule has 16 heavy (non-hydrogen) atoms. The van der Waals surface area contributed by atoms with Gasteiger partial charge >= 0.3 is 0 Å². The second-order valence-corrected chi connectivity index (χ2v) is 4.43. The molecular weight excluding hydrogens is 268 g/mol. The molecule has 1 aromatic carbocycles. The third kappa shape index (κ3) is 4.21. The maximum absolute atomic E-state index is 8.94. The van der Waals surface area contributed by atoms with Crippen LogP contribution >= 0.6 is 15.9 Å². The molecule has 0 aliphatic rings. The summed E-state index contributed by atoms with van der Waals surface area (Å²) in [4.78, 5) is 0. The van der Waals surface area contributed by atoms with Gasteiger partial charge in [0.05, 0.1) is 11.3 Å². The third-order valence-corrected chi connectivity index (χ3v) is 2.75. The molecule has 0 unspecified atom stereocenters. The predicted molar refractivity (Wildman–Crippen MR) is 68.3 cm³/mol. The molecule has 0 saturated carbocycles. The smallest absolute Gasteiger partial charge is 0.101 e. The molecule has 0 aromatic heterocycles. The lowest BCUT2D eigenvalue weighted by molar-refractivity contribution is 0.283. The first-order valence-corrected chi connectivity index (χ1v) is 6.11. The van der Waals surface area contributed by atoms with Gasteiger partial charge in [0.25, 0.3) is 0 Å². The molecule has 0 saturated heterocycles. The third-order valence-electron chi connectivity index (χ3n) is 2.25. The molecule has 0 heterocycles. The number of hydrogen-bond acceptors (Lipinski definition) is 3. The van der Waals surface area contributed by atoms with Crippen molar-refractivity contribution in [2.75, 3.05) is 18.5 Å². The van der Waals surface area contributed by atoms with E-state index in [1.807, 2.05) is 12.1 Å². The van der Waals surface area contributed by atoms with Crippen LogP contribution in [0.3, 0.4) is 0 Å². The zero-order valence-corrected chi connectivity index (χ0v) is 10.6. The second-order valence-electron chi connectivity index (χ2n) is 3.51. The Kier molecular flexibility index (Phi) is 5.91. The van der Waals surface area contributed by atoms with Crippen molar-refractivity contribution in [2.45, 2.75) is 19.3 Å². The topological polar surface area (TPSA) is 56.0 Å². The number of anilines is 1. The Balaban J connectivity index is 2.45. The Morgan fingerprint density at radius 2 is 2.12 bits per heavy atom. The summed E-state index contributed by atoms with van der Waals surface area (Å²) in [6, 6.07) is 7.77. The highest BCUT2D eigenvalue weighted by molar-refractivity contribution is 9.10. The fourth-order valence-corrected chi connectivity index (χ4v) is 1.76. The van der Waals surface area contributed by atoms with Crippen LogP contribution in [-0.2, 0) is 0 Å². The van der Waals surface area contributed by atoms with Gasteiger partial charge in [-0.15, -0.1) is 0 Å². The molecule has 1 rings (SSSR count). The molecule has 4 heteroatoms. The number of aliphatic hydroxyl groups is 1. The van der Waals surface area contributed by atoms with Gasteiger partial charge in [0.1, 0.15) is 6.07 Å². The van der Waals surface area contributed by atoms with E-state index >= 15 is 0 Å². The lowest BCUT2D eigenvalue weighted by Gasteiger charge is -2.08. The molecule has 0 spiro atoms. The highest BCUT2D eigenvalue weighted by Crippen LogP contribution is 2.20. The minimum atomic E-state index is 0.252. The van der Waals surface area contributed by atoms with Crippen LogP contribution in [0.25, 0.3) is 0 Å². The fraction of sp³-hybridized carbons (Fsp3) is 0.417. The molecule has 0 amide bonds. The van der Waals surface area contributed by atoms with Crippen LogP contribution in [0.15, 0.2) is 22.7 Å². The number of hydrogen-bond donors (Lipinski definition) is 2. The Labute approximate surface area is 104 Å². The van der Waals surface area contributed by atoms with Crippen LogP contribution < -0.4 is 5.32 Å². The van der Waals surface area contributed by atoms with E-state index in [9.17, 15) is 0 Å².